The Morgan fingerprint density at radius 1 is 0.661 bits per heavy atom. The second-order valence-corrected chi connectivity index (χ2v) is 14.3. The fourth-order valence-electron chi connectivity index (χ4n) is 7.41. The van der Waals surface area contributed by atoms with Gasteiger partial charge < -0.3 is 41.8 Å². The molecule has 0 aliphatic heterocycles. The lowest BCUT2D eigenvalue weighted by atomic mass is 9.58. The van der Waals surface area contributed by atoms with E-state index in [-0.39, 0.29) is 6.61 Å². The van der Waals surface area contributed by atoms with Gasteiger partial charge in [0.05, 0.1) is 25.0 Å². The van der Waals surface area contributed by atoms with Crippen molar-refractivity contribution in [1.82, 2.24) is 20.6 Å². The molecule has 4 aromatic rings. The second kappa shape index (κ2) is 18.9. The van der Waals surface area contributed by atoms with E-state index in [2.05, 4.69) is 20.6 Å². The van der Waals surface area contributed by atoms with E-state index in [1.165, 1.54) is 14.1 Å². The number of amides is 4. The molecule has 0 spiro atoms. The molecule has 0 saturated heterocycles. The molecule has 298 valence electrons. The van der Waals surface area contributed by atoms with E-state index in [1.807, 2.05) is 48.5 Å². The lowest BCUT2D eigenvalue weighted by Crippen LogP contribution is -2.79. The number of hydrogen-bond donors (Lipinski definition) is 6. The van der Waals surface area contributed by atoms with Crippen LogP contribution >= 0.6 is 0 Å². The van der Waals surface area contributed by atoms with Gasteiger partial charge in [-0.05, 0) is 69.5 Å². The molecule has 8 N–H and O–H groups in total. The summed E-state index contributed by atoms with van der Waals surface area (Å²) in [7, 11) is 2.63. The Morgan fingerprint density at radius 2 is 1.05 bits per heavy atom. The van der Waals surface area contributed by atoms with Crippen LogP contribution in [0.5, 0.6) is 0 Å². The number of primary amides is 2. The number of nitrogens with two attached hydrogens (primary N) is 2. The standard InChI is InChI=1S/C42H52N6O8/c1-25(2)33(38(51)45-5)41(54,36(49)35(37(43)50)55-23-27-7-11-29(12-8-27)31-15-19-47-20-16-31)42(40(44)53,34(26(3)4)39(52)46-6)56-24-28-9-13-30(14-10-28)32-17-21-48-22-18-32/h7-22,25-26,33-36,49,54H,23-24H2,1-6H3,(H2,43,50)(H2,44,53)(H,45,51)(H,46,52)/t33-,34-,35-,36-,41-,42+/m1/s1. The number of benzene rings is 2. The van der Waals surface area contributed by atoms with E-state index in [0.717, 1.165) is 22.3 Å². The Bertz CT molecular complexity index is 1930. The van der Waals surface area contributed by atoms with Crippen LogP contribution in [-0.4, -0.2) is 81.3 Å². The number of aromatic nitrogens is 2. The zero-order valence-electron chi connectivity index (χ0n) is 32.5. The Hall–Kier alpha value is -5.54. The quantitative estimate of drug-likeness (QED) is 0.0817. The minimum Gasteiger partial charge on any atom is -0.387 e. The number of aliphatic hydroxyl groups is 2. The number of pyridine rings is 2. The molecule has 0 fully saturated rings. The Labute approximate surface area is 327 Å². The Morgan fingerprint density at radius 3 is 1.43 bits per heavy atom. The molecule has 4 rings (SSSR count). The molecule has 0 bridgehead atoms. The minimum absolute atomic E-state index is 0.291. The summed E-state index contributed by atoms with van der Waals surface area (Å²) in [5.74, 6) is -9.27. The number of nitrogens with zero attached hydrogens (tertiary/aromatic N) is 2. The van der Waals surface area contributed by atoms with Gasteiger partial charge in [-0.2, -0.15) is 0 Å². The Kier molecular flexibility index (Phi) is 14.6. The van der Waals surface area contributed by atoms with Crippen LogP contribution in [0.2, 0.25) is 0 Å². The molecule has 0 aliphatic carbocycles. The lowest BCUT2D eigenvalue weighted by Gasteiger charge is -2.55. The van der Waals surface area contributed by atoms with Gasteiger partial charge in [-0.1, -0.05) is 76.2 Å². The first kappa shape index (κ1) is 43.2. The predicted octanol–water partition coefficient (Wildman–Crippen LogP) is 2.75. The van der Waals surface area contributed by atoms with Crippen molar-refractivity contribution in [3.05, 3.63) is 109 Å². The molecule has 56 heavy (non-hydrogen) atoms. The average Bonchev–Trinajstić information content (AvgIpc) is 3.19. The number of carbonyl (C=O) groups is 4. The molecule has 2 aromatic heterocycles. The van der Waals surface area contributed by atoms with Crippen molar-refractivity contribution >= 4 is 23.6 Å². The van der Waals surface area contributed by atoms with Crippen LogP contribution in [0.4, 0.5) is 0 Å². The summed E-state index contributed by atoms with van der Waals surface area (Å²) in [6.07, 6.45) is 2.13. The molecule has 14 heteroatoms. The van der Waals surface area contributed by atoms with Gasteiger partial charge in [0, 0.05) is 38.9 Å². The largest absolute Gasteiger partial charge is 0.387 e. The van der Waals surface area contributed by atoms with E-state index in [0.29, 0.717) is 11.1 Å². The first-order chi connectivity index (χ1) is 26.6. The van der Waals surface area contributed by atoms with Gasteiger partial charge in [-0.15, -0.1) is 0 Å². The van der Waals surface area contributed by atoms with Gasteiger partial charge in [-0.3, -0.25) is 29.1 Å². The highest BCUT2D eigenvalue weighted by atomic mass is 16.5. The SMILES string of the molecule is CNC(=O)[C@@H](C(C)C)[C@@](O)([C@H](O)[C@@H](OCc1ccc(-c2ccncc2)cc1)C(N)=O)[C@@](OCc1ccc(-c2ccncc2)cc1)(C(N)=O)[C@@H](C(=O)NC)C(C)C. The first-order valence-corrected chi connectivity index (χ1v) is 18.3. The number of rotatable bonds is 19. The number of ether oxygens (including phenoxy) is 2. The van der Waals surface area contributed by atoms with Gasteiger partial charge in [-0.25, -0.2) is 0 Å². The molecule has 2 heterocycles. The highest BCUT2D eigenvalue weighted by molar-refractivity contribution is 5.95. The summed E-state index contributed by atoms with van der Waals surface area (Å²) in [6.45, 7) is 5.60. The summed E-state index contributed by atoms with van der Waals surface area (Å²) < 4.78 is 12.4. The van der Waals surface area contributed by atoms with E-state index in [1.54, 1.807) is 76.7 Å². The van der Waals surface area contributed by atoms with Gasteiger partial charge >= 0.3 is 0 Å². The van der Waals surface area contributed by atoms with Crippen molar-refractivity contribution in [3.63, 3.8) is 0 Å². The molecule has 14 nitrogen and oxygen atoms in total. The van der Waals surface area contributed by atoms with E-state index < -0.39 is 77.3 Å². The molecule has 2 aromatic carbocycles. The van der Waals surface area contributed by atoms with Crippen LogP contribution in [0.1, 0.15) is 38.8 Å². The first-order valence-electron chi connectivity index (χ1n) is 18.3. The van der Waals surface area contributed by atoms with Crippen molar-refractivity contribution < 1.29 is 38.9 Å². The third kappa shape index (κ3) is 8.95. The number of hydrogen-bond acceptors (Lipinski definition) is 10. The molecule has 0 aliphatic rings. The molecule has 0 saturated carbocycles. The van der Waals surface area contributed by atoms with Crippen molar-refractivity contribution in [3.8, 4) is 22.3 Å². The van der Waals surface area contributed by atoms with Crippen LogP contribution in [0.25, 0.3) is 22.3 Å². The number of aliphatic hydroxyl groups excluding tert-OH is 1. The normalized spacial score (nSPS) is 15.8. The summed E-state index contributed by atoms with van der Waals surface area (Å²) in [4.78, 5) is 63.5. The predicted molar refractivity (Wildman–Crippen MR) is 210 cm³/mol. The smallest absolute Gasteiger partial charge is 0.253 e. The summed E-state index contributed by atoms with van der Waals surface area (Å²) in [5.41, 5.74) is 10.7. The maximum Gasteiger partial charge on any atom is 0.253 e. The summed E-state index contributed by atoms with van der Waals surface area (Å²) in [5, 5.41) is 30.9. The Balaban J connectivity index is 1.88. The summed E-state index contributed by atoms with van der Waals surface area (Å²) in [6, 6.07) is 21.5. The second-order valence-electron chi connectivity index (χ2n) is 14.3. The highest BCUT2D eigenvalue weighted by Gasteiger charge is 2.72. The fourth-order valence-corrected chi connectivity index (χ4v) is 7.41. The lowest BCUT2D eigenvalue weighted by molar-refractivity contribution is -0.277. The zero-order valence-corrected chi connectivity index (χ0v) is 32.5. The molecule has 0 unspecified atom stereocenters. The van der Waals surface area contributed by atoms with Crippen molar-refractivity contribution in [1.29, 1.82) is 0 Å². The van der Waals surface area contributed by atoms with Crippen LogP contribution in [0.15, 0.2) is 97.6 Å². The topological polar surface area (TPSA) is 229 Å². The van der Waals surface area contributed by atoms with E-state index in [9.17, 15) is 29.4 Å². The van der Waals surface area contributed by atoms with Crippen molar-refractivity contribution in [2.75, 3.05) is 14.1 Å². The van der Waals surface area contributed by atoms with Gasteiger partial charge in [0.15, 0.2) is 11.7 Å². The van der Waals surface area contributed by atoms with Crippen molar-refractivity contribution in [2.24, 2.45) is 35.1 Å². The molecular formula is C42H52N6O8. The third-order valence-electron chi connectivity index (χ3n) is 10.1. The van der Waals surface area contributed by atoms with Crippen LogP contribution < -0.4 is 22.1 Å². The highest BCUT2D eigenvalue weighted by Crippen LogP contribution is 2.48. The number of nitrogens with one attached hydrogen (secondary N) is 2. The fraction of sp³-hybridized carbons (Fsp3) is 0.381. The van der Waals surface area contributed by atoms with E-state index in [4.69, 9.17) is 20.9 Å². The van der Waals surface area contributed by atoms with Gasteiger partial charge in [0.25, 0.3) is 5.91 Å². The zero-order chi connectivity index (χ0) is 41.2. The minimum atomic E-state index is -3.14. The maximum atomic E-state index is 14.3. The van der Waals surface area contributed by atoms with Crippen LogP contribution in [-0.2, 0) is 41.9 Å². The van der Waals surface area contributed by atoms with Crippen LogP contribution in [0.3, 0.4) is 0 Å². The van der Waals surface area contributed by atoms with E-state index >= 15 is 0 Å². The maximum absolute atomic E-state index is 14.3. The molecule has 4 amide bonds. The average molecular weight is 769 g/mol. The monoisotopic (exact) mass is 768 g/mol. The number of carbonyl (C=O) groups excluding carboxylic acids is 4. The third-order valence-corrected chi connectivity index (χ3v) is 10.1. The van der Waals surface area contributed by atoms with Gasteiger partial charge in [0.2, 0.25) is 17.7 Å². The summed E-state index contributed by atoms with van der Waals surface area (Å²) >= 11 is 0. The van der Waals surface area contributed by atoms with Crippen LogP contribution in [0, 0.1) is 23.7 Å². The van der Waals surface area contributed by atoms with Gasteiger partial charge in [0.1, 0.15) is 11.7 Å². The molecule has 6 atom stereocenters. The molecule has 0 radical (unpaired) electrons. The molecular weight excluding hydrogens is 716 g/mol. The van der Waals surface area contributed by atoms with Crippen molar-refractivity contribution in [2.45, 2.75) is 64.3 Å².